The van der Waals surface area contributed by atoms with Crippen LogP contribution in [0.25, 0.3) is 0 Å². The fourth-order valence-corrected chi connectivity index (χ4v) is 11.2. The Labute approximate surface area is 500 Å². The van der Waals surface area contributed by atoms with Crippen molar-refractivity contribution in [1.29, 1.82) is 0 Å². The number of amides is 7. The summed E-state index contributed by atoms with van der Waals surface area (Å²) in [5.41, 5.74) is 0.890. The number of thioether (sulfide) groups is 1. The standard InChI is InChI=1S/C57H88N8O19S/c1-11-32(4)46(40(79-9)26-43(68)65-23-15-19-38(65)51(80-10)33(5)53(74)61-34(6)47(70)35-17-13-12-14-18-35)63(7)44(69)27-60-54(75)45(31(2)3)64(8)57(78)81-28-36-25-37(62-42(67)30-85-24-16-22-59-41(66)29-82-58)20-21-39(36)83-56-50(73)48(71)49(72)52(84-56)55(76)77/h12-14,17-18,20-21,25,31-34,38,40,45-52,56,70-73H,11,15-16,19,22-24,26-30,58H2,1-10H3,(H,59,66)(H,60,75)(H,61,74)(H,62,67)(H,76,77)/t32-,33+,34+,38-,40+,45?,46?,47+,48?,49?,50?,51+,52?,56?/m0/s1. The van der Waals surface area contributed by atoms with Crippen molar-refractivity contribution < 1.29 is 92.4 Å². The van der Waals surface area contributed by atoms with Crippen molar-refractivity contribution in [3.8, 4) is 5.75 Å². The molecular weight excluding hydrogens is 1130 g/mol. The van der Waals surface area contributed by atoms with Crippen LogP contribution in [0.1, 0.15) is 90.9 Å². The highest BCUT2D eigenvalue weighted by molar-refractivity contribution is 7.99. The van der Waals surface area contributed by atoms with Gasteiger partial charge in [0, 0.05) is 52.7 Å². The Morgan fingerprint density at radius 2 is 1.58 bits per heavy atom. The van der Waals surface area contributed by atoms with Crippen molar-refractivity contribution in [2.75, 3.05) is 71.4 Å². The zero-order valence-electron chi connectivity index (χ0n) is 50.0. The van der Waals surface area contributed by atoms with Crippen LogP contribution in [0.2, 0.25) is 0 Å². The summed E-state index contributed by atoms with van der Waals surface area (Å²) in [6.45, 7) is 9.97. The number of carboxylic acids is 1. The van der Waals surface area contributed by atoms with Gasteiger partial charge in [0.05, 0.1) is 61.1 Å². The first kappa shape index (κ1) is 71.3. The second-order valence-corrected chi connectivity index (χ2v) is 22.8. The van der Waals surface area contributed by atoms with E-state index in [1.54, 1.807) is 63.9 Å². The number of hydrogen-bond donors (Lipinski definition) is 10. The zero-order chi connectivity index (χ0) is 63.2. The predicted molar refractivity (Wildman–Crippen MR) is 310 cm³/mol. The highest BCUT2D eigenvalue weighted by Crippen LogP contribution is 2.32. The normalized spacial score (nSPS) is 21.4. The fourth-order valence-electron chi connectivity index (χ4n) is 10.4. The lowest BCUT2D eigenvalue weighted by atomic mass is 9.90. The third-order valence-corrected chi connectivity index (χ3v) is 16.3. The van der Waals surface area contributed by atoms with E-state index >= 15 is 0 Å². The molecule has 2 heterocycles. The largest absolute Gasteiger partial charge is 0.479 e. The summed E-state index contributed by atoms with van der Waals surface area (Å²) in [6, 6.07) is 10.1. The monoisotopic (exact) mass is 1220 g/mol. The van der Waals surface area contributed by atoms with Crippen LogP contribution in [0.15, 0.2) is 48.5 Å². The maximum atomic E-state index is 14.3. The summed E-state index contributed by atoms with van der Waals surface area (Å²) in [6.07, 6.45) is -11.0. The number of nitrogens with zero attached hydrogens (tertiary/aromatic N) is 3. The molecule has 7 unspecified atom stereocenters. The molecule has 7 amide bonds. The number of ether oxygens (including phenoxy) is 5. The molecule has 0 bridgehead atoms. The SMILES string of the molecule is CC[C@H](C)C([C@@H](CC(=O)N1CCC[C@H]1[C@H](OC)[C@@H](C)C(=O)N[C@H](C)[C@@H](O)c1ccccc1)OC)N(C)C(=O)CNC(=O)C(C(C)C)N(C)C(=O)OCc1cc(NC(=O)CSCCCNC(=O)CON)ccc1OC1OC(C(=O)O)C(O)C(O)C1O. The molecule has 0 radical (unpaired) electrons. The molecule has 476 valence electrons. The molecule has 4 rings (SSSR count). The van der Waals surface area contributed by atoms with Crippen molar-refractivity contribution in [3.63, 3.8) is 0 Å². The summed E-state index contributed by atoms with van der Waals surface area (Å²) < 4.78 is 28.7. The van der Waals surface area contributed by atoms with Gasteiger partial charge in [0.15, 0.2) is 6.10 Å². The van der Waals surface area contributed by atoms with E-state index in [4.69, 9.17) is 29.6 Å². The molecule has 14 atom stereocenters. The van der Waals surface area contributed by atoms with E-state index in [-0.39, 0.29) is 53.5 Å². The van der Waals surface area contributed by atoms with E-state index in [2.05, 4.69) is 26.1 Å². The number of aliphatic carboxylic acids is 1. The number of anilines is 1. The Bertz CT molecular complexity index is 2520. The van der Waals surface area contributed by atoms with Gasteiger partial charge in [0.1, 0.15) is 43.3 Å². The van der Waals surface area contributed by atoms with Gasteiger partial charge in [-0.1, -0.05) is 71.4 Å². The predicted octanol–water partition coefficient (Wildman–Crippen LogP) is 0.894. The van der Waals surface area contributed by atoms with Gasteiger partial charge in [-0.3, -0.25) is 38.5 Å². The van der Waals surface area contributed by atoms with Crippen LogP contribution in [0.5, 0.6) is 5.75 Å². The van der Waals surface area contributed by atoms with Crippen LogP contribution in [-0.4, -0.2) is 221 Å². The van der Waals surface area contributed by atoms with Crippen molar-refractivity contribution in [2.45, 2.75) is 153 Å². The molecule has 0 aliphatic carbocycles. The Hall–Kier alpha value is -6.21. The first-order valence-electron chi connectivity index (χ1n) is 28.3. The summed E-state index contributed by atoms with van der Waals surface area (Å²) >= 11 is 1.28. The molecule has 28 heteroatoms. The maximum Gasteiger partial charge on any atom is 0.410 e. The lowest BCUT2D eigenvalue weighted by Gasteiger charge is -2.39. The molecule has 0 saturated carbocycles. The molecular formula is C57H88N8O19S. The number of aliphatic hydroxyl groups is 4. The Morgan fingerprint density at radius 1 is 0.882 bits per heavy atom. The minimum absolute atomic E-state index is 0.00404. The Kier molecular flexibility index (Phi) is 29.2. The number of methoxy groups -OCH3 is 2. The minimum Gasteiger partial charge on any atom is -0.479 e. The molecule has 2 aliphatic rings. The average Bonchev–Trinajstić information content (AvgIpc) is 3.62. The topological polar surface area (TPSA) is 377 Å². The van der Waals surface area contributed by atoms with Crippen molar-refractivity contribution in [1.82, 2.24) is 30.7 Å². The van der Waals surface area contributed by atoms with Gasteiger partial charge >= 0.3 is 12.1 Å². The zero-order valence-corrected chi connectivity index (χ0v) is 50.9. The van der Waals surface area contributed by atoms with E-state index in [1.807, 2.05) is 19.9 Å². The van der Waals surface area contributed by atoms with E-state index in [0.29, 0.717) is 50.1 Å². The number of carbonyl (C=O) groups excluding carboxylic acids is 7. The fraction of sp³-hybridized carbons (Fsp3) is 0.649. The molecule has 0 aromatic heterocycles. The summed E-state index contributed by atoms with van der Waals surface area (Å²) in [7, 11) is 5.82. The van der Waals surface area contributed by atoms with E-state index < -0.39 is 134 Å². The van der Waals surface area contributed by atoms with E-state index in [9.17, 15) is 63.9 Å². The van der Waals surface area contributed by atoms with Crippen molar-refractivity contribution in [2.24, 2.45) is 23.7 Å². The lowest BCUT2D eigenvalue weighted by molar-refractivity contribution is -0.271. The quantitative estimate of drug-likeness (QED) is 0.0350. The van der Waals surface area contributed by atoms with Crippen LogP contribution in [0.4, 0.5) is 10.5 Å². The van der Waals surface area contributed by atoms with Gasteiger partial charge in [-0.25, -0.2) is 15.5 Å². The second kappa shape index (κ2) is 34.8. The third-order valence-electron chi connectivity index (χ3n) is 15.3. The minimum atomic E-state index is -2.01. The molecule has 2 aromatic carbocycles. The Balaban J connectivity index is 1.43. The van der Waals surface area contributed by atoms with Gasteiger partial charge in [0.25, 0.3) is 0 Å². The van der Waals surface area contributed by atoms with E-state index in [1.165, 1.54) is 56.1 Å². The van der Waals surface area contributed by atoms with E-state index in [0.717, 1.165) is 4.90 Å². The number of rotatable bonds is 33. The average molecular weight is 1220 g/mol. The number of likely N-dealkylation sites (N-methyl/N-ethyl adjacent to an activating group) is 2. The first-order chi connectivity index (χ1) is 40.3. The number of nitrogens with two attached hydrogens (primary N) is 1. The van der Waals surface area contributed by atoms with Gasteiger partial charge in [0.2, 0.25) is 41.7 Å². The molecule has 2 aromatic rings. The molecule has 2 fully saturated rings. The Morgan fingerprint density at radius 3 is 2.20 bits per heavy atom. The van der Waals surface area contributed by atoms with Crippen molar-refractivity contribution >= 4 is 65.0 Å². The maximum absolute atomic E-state index is 14.3. The van der Waals surface area contributed by atoms with Gasteiger partial charge in [-0.05, 0) is 67.5 Å². The van der Waals surface area contributed by atoms with Crippen LogP contribution in [-0.2, 0) is 64.0 Å². The lowest BCUT2D eigenvalue weighted by Crippen LogP contribution is -2.61. The molecule has 85 heavy (non-hydrogen) atoms. The third kappa shape index (κ3) is 20.2. The highest BCUT2D eigenvalue weighted by Gasteiger charge is 2.49. The van der Waals surface area contributed by atoms with Crippen molar-refractivity contribution in [3.05, 3.63) is 59.7 Å². The first-order valence-corrected chi connectivity index (χ1v) is 29.5. The number of carboxylic acid groups (broad SMARTS) is 1. The molecule has 2 aliphatic heterocycles. The molecule has 0 spiro atoms. The number of aliphatic hydroxyl groups excluding tert-OH is 4. The molecule has 2 saturated heterocycles. The highest BCUT2D eigenvalue weighted by atomic mass is 32.2. The van der Waals surface area contributed by atoms with Crippen LogP contribution >= 0.6 is 11.8 Å². The second-order valence-electron chi connectivity index (χ2n) is 21.7. The summed E-state index contributed by atoms with van der Waals surface area (Å²) in [4.78, 5) is 115. The number of carbonyl (C=O) groups is 8. The number of nitrogens with one attached hydrogen (secondary N) is 4. The number of likely N-dealkylation sites (tertiary alicyclic amines) is 1. The van der Waals surface area contributed by atoms with Crippen LogP contribution in [0, 0.1) is 17.8 Å². The summed E-state index contributed by atoms with van der Waals surface area (Å²) in [5, 5.41) is 62.8. The number of benzene rings is 2. The van der Waals surface area contributed by atoms with Gasteiger partial charge in [-0.2, -0.15) is 11.8 Å². The van der Waals surface area contributed by atoms with Crippen LogP contribution in [0.3, 0.4) is 0 Å². The number of hydrogen-bond acceptors (Lipinski definition) is 20. The van der Waals surface area contributed by atoms with Crippen LogP contribution < -0.4 is 31.9 Å². The summed E-state index contributed by atoms with van der Waals surface area (Å²) in [5.74, 6) is -0.498. The smallest absolute Gasteiger partial charge is 0.410 e. The molecule has 11 N–H and O–H groups in total. The van der Waals surface area contributed by atoms with Gasteiger partial charge < -0.3 is 80.3 Å². The van der Waals surface area contributed by atoms with Gasteiger partial charge in [-0.15, -0.1) is 0 Å². The molecule has 27 nitrogen and oxygen atoms in total.